The number of hydrogen-bond acceptors (Lipinski definition) is 5. The highest BCUT2D eigenvalue weighted by molar-refractivity contribution is 5.52. The molecule has 0 aliphatic carbocycles. The van der Waals surface area contributed by atoms with E-state index >= 15 is 0 Å². The van der Waals surface area contributed by atoms with Gasteiger partial charge in [-0.2, -0.15) is 4.98 Å². The first-order valence-corrected chi connectivity index (χ1v) is 6.23. The van der Waals surface area contributed by atoms with Gasteiger partial charge in [0.05, 0.1) is 6.61 Å². The summed E-state index contributed by atoms with van der Waals surface area (Å²) in [5, 5.41) is 4.04. The van der Waals surface area contributed by atoms with Gasteiger partial charge in [0.15, 0.2) is 5.82 Å². The molecule has 1 saturated heterocycles. The van der Waals surface area contributed by atoms with Crippen LogP contribution in [0.3, 0.4) is 0 Å². The van der Waals surface area contributed by atoms with E-state index in [-0.39, 0.29) is 5.92 Å². The molecule has 18 heavy (non-hydrogen) atoms. The molecular formula is C13H15N3O2. The second-order valence-electron chi connectivity index (χ2n) is 4.41. The highest BCUT2D eigenvalue weighted by atomic mass is 16.5. The predicted molar refractivity (Wildman–Crippen MR) is 65.1 cm³/mol. The maximum absolute atomic E-state index is 5.33. The third kappa shape index (κ3) is 2.13. The van der Waals surface area contributed by atoms with Gasteiger partial charge in [-0.1, -0.05) is 12.1 Å². The van der Waals surface area contributed by atoms with Crippen LogP contribution >= 0.6 is 0 Å². The lowest BCUT2D eigenvalue weighted by Gasteiger charge is -1.98. The van der Waals surface area contributed by atoms with Gasteiger partial charge in [-0.3, -0.25) is 4.98 Å². The Balaban J connectivity index is 1.87. The highest BCUT2D eigenvalue weighted by Gasteiger charge is 2.23. The molecule has 1 aliphatic rings. The van der Waals surface area contributed by atoms with Gasteiger partial charge in [-0.05, 0) is 25.0 Å². The fraction of sp³-hybridized carbons (Fsp3) is 0.462. The SMILES string of the molecule is CCc1cc(-c2nc([C@H]3CCOC3)no2)ccn1. The van der Waals surface area contributed by atoms with Gasteiger partial charge in [0.25, 0.3) is 5.89 Å². The van der Waals surface area contributed by atoms with Gasteiger partial charge in [0.2, 0.25) is 0 Å². The monoisotopic (exact) mass is 245 g/mol. The van der Waals surface area contributed by atoms with Crippen LogP contribution in [0.15, 0.2) is 22.9 Å². The molecule has 5 heteroatoms. The Morgan fingerprint density at radius 1 is 1.44 bits per heavy atom. The lowest BCUT2D eigenvalue weighted by atomic mass is 10.1. The molecule has 0 radical (unpaired) electrons. The first-order chi connectivity index (χ1) is 8.86. The molecule has 2 aromatic rings. The summed E-state index contributed by atoms with van der Waals surface area (Å²) in [4.78, 5) is 8.71. The van der Waals surface area contributed by atoms with Crippen molar-refractivity contribution in [2.45, 2.75) is 25.7 Å². The molecule has 0 amide bonds. The number of ether oxygens (including phenoxy) is 1. The summed E-state index contributed by atoms with van der Waals surface area (Å²) in [6.45, 7) is 3.54. The van der Waals surface area contributed by atoms with Gasteiger partial charge < -0.3 is 9.26 Å². The standard InChI is InChI=1S/C13H15N3O2/c1-2-11-7-9(3-5-14-11)13-15-12(16-18-13)10-4-6-17-8-10/h3,5,7,10H,2,4,6,8H2,1H3/t10-/m0/s1. The third-order valence-corrected chi connectivity index (χ3v) is 3.16. The zero-order chi connectivity index (χ0) is 12.4. The Morgan fingerprint density at radius 2 is 2.39 bits per heavy atom. The lowest BCUT2D eigenvalue weighted by Crippen LogP contribution is -1.99. The largest absolute Gasteiger partial charge is 0.381 e. The molecule has 0 saturated carbocycles. The van der Waals surface area contributed by atoms with Crippen molar-refractivity contribution in [1.82, 2.24) is 15.1 Å². The fourth-order valence-electron chi connectivity index (χ4n) is 2.06. The van der Waals surface area contributed by atoms with E-state index in [9.17, 15) is 0 Å². The number of aryl methyl sites for hydroxylation is 1. The third-order valence-electron chi connectivity index (χ3n) is 3.16. The van der Waals surface area contributed by atoms with Crippen molar-refractivity contribution >= 4 is 0 Å². The molecule has 0 aromatic carbocycles. The van der Waals surface area contributed by atoms with E-state index in [4.69, 9.17) is 9.26 Å². The Bertz CT molecular complexity index is 533. The molecular weight excluding hydrogens is 230 g/mol. The van der Waals surface area contributed by atoms with E-state index in [2.05, 4.69) is 22.0 Å². The number of nitrogens with zero attached hydrogens (tertiary/aromatic N) is 3. The maximum atomic E-state index is 5.33. The second-order valence-corrected chi connectivity index (χ2v) is 4.41. The molecule has 1 aliphatic heterocycles. The zero-order valence-corrected chi connectivity index (χ0v) is 10.3. The molecule has 3 heterocycles. The van der Waals surface area contributed by atoms with E-state index < -0.39 is 0 Å². The molecule has 5 nitrogen and oxygen atoms in total. The van der Waals surface area contributed by atoms with Crippen LogP contribution in [0.1, 0.15) is 30.8 Å². The molecule has 1 fully saturated rings. The van der Waals surface area contributed by atoms with Crippen LogP contribution in [-0.2, 0) is 11.2 Å². The summed E-state index contributed by atoms with van der Waals surface area (Å²) in [7, 11) is 0. The summed E-state index contributed by atoms with van der Waals surface area (Å²) in [6.07, 6.45) is 3.64. The van der Waals surface area contributed by atoms with Crippen LogP contribution < -0.4 is 0 Å². The van der Waals surface area contributed by atoms with Gasteiger partial charge in [0.1, 0.15) is 0 Å². The molecule has 0 N–H and O–H groups in total. The van der Waals surface area contributed by atoms with E-state index in [1.165, 1.54) is 0 Å². The van der Waals surface area contributed by atoms with Crippen molar-refractivity contribution in [3.8, 4) is 11.5 Å². The second kappa shape index (κ2) is 4.86. The summed E-state index contributed by atoms with van der Waals surface area (Å²) < 4.78 is 10.6. The van der Waals surface area contributed by atoms with Crippen LogP contribution in [-0.4, -0.2) is 28.3 Å². The van der Waals surface area contributed by atoms with Crippen LogP contribution in [0.25, 0.3) is 11.5 Å². The summed E-state index contributed by atoms with van der Waals surface area (Å²) in [5.74, 6) is 1.58. The zero-order valence-electron chi connectivity index (χ0n) is 10.3. The molecule has 3 rings (SSSR count). The van der Waals surface area contributed by atoms with Crippen molar-refractivity contribution < 1.29 is 9.26 Å². The van der Waals surface area contributed by atoms with Crippen LogP contribution in [0.5, 0.6) is 0 Å². The normalized spacial score (nSPS) is 19.3. The summed E-state index contributed by atoms with van der Waals surface area (Å²) in [6, 6.07) is 3.88. The van der Waals surface area contributed by atoms with Crippen molar-refractivity contribution in [3.63, 3.8) is 0 Å². The minimum atomic E-state index is 0.273. The minimum Gasteiger partial charge on any atom is -0.381 e. The Morgan fingerprint density at radius 3 is 3.17 bits per heavy atom. The lowest BCUT2D eigenvalue weighted by molar-refractivity contribution is 0.192. The van der Waals surface area contributed by atoms with Crippen molar-refractivity contribution in [1.29, 1.82) is 0 Å². The Labute approximate surface area is 105 Å². The number of pyridine rings is 1. The van der Waals surface area contributed by atoms with Crippen LogP contribution in [0.2, 0.25) is 0 Å². The average molecular weight is 245 g/mol. The van der Waals surface area contributed by atoms with E-state index in [1.54, 1.807) is 6.20 Å². The Hall–Kier alpha value is -1.75. The van der Waals surface area contributed by atoms with Crippen molar-refractivity contribution in [3.05, 3.63) is 29.8 Å². The number of rotatable bonds is 3. The summed E-state index contributed by atoms with van der Waals surface area (Å²) >= 11 is 0. The molecule has 0 unspecified atom stereocenters. The smallest absolute Gasteiger partial charge is 0.258 e. The number of hydrogen-bond donors (Lipinski definition) is 0. The van der Waals surface area contributed by atoms with Gasteiger partial charge in [-0.15, -0.1) is 0 Å². The van der Waals surface area contributed by atoms with Gasteiger partial charge >= 0.3 is 0 Å². The fourth-order valence-corrected chi connectivity index (χ4v) is 2.06. The first kappa shape index (κ1) is 11.3. The predicted octanol–water partition coefficient (Wildman–Crippen LogP) is 2.20. The minimum absolute atomic E-state index is 0.273. The van der Waals surface area contributed by atoms with Crippen molar-refractivity contribution in [2.75, 3.05) is 13.2 Å². The Kier molecular flexibility index (Phi) is 3.06. The van der Waals surface area contributed by atoms with Crippen LogP contribution in [0.4, 0.5) is 0 Å². The van der Waals surface area contributed by atoms with Crippen molar-refractivity contribution in [2.24, 2.45) is 0 Å². The molecule has 94 valence electrons. The molecule has 0 bridgehead atoms. The highest BCUT2D eigenvalue weighted by Crippen LogP contribution is 2.25. The van der Waals surface area contributed by atoms with E-state index in [0.717, 1.165) is 36.5 Å². The van der Waals surface area contributed by atoms with Gasteiger partial charge in [0, 0.05) is 30.0 Å². The quantitative estimate of drug-likeness (QED) is 0.829. The van der Waals surface area contributed by atoms with Gasteiger partial charge in [-0.25, -0.2) is 0 Å². The van der Waals surface area contributed by atoms with Crippen LogP contribution in [0, 0.1) is 0 Å². The number of aromatic nitrogens is 3. The molecule has 0 spiro atoms. The topological polar surface area (TPSA) is 61.0 Å². The average Bonchev–Trinajstić information content (AvgIpc) is 3.09. The molecule has 1 atom stereocenters. The van der Waals surface area contributed by atoms with E-state index in [0.29, 0.717) is 12.5 Å². The molecule has 2 aromatic heterocycles. The first-order valence-electron chi connectivity index (χ1n) is 6.23. The summed E-state index contributed by atoms with van der Waals surface area (Å²) in [5.41, 5.74) is 1.95. The van der Waals surface area contributed by atoms with E-state index in [1.807, 2.05) is 12.1 Å². The maximum Gasteiger partial charge on any atom is 0.258 e.